The summed E-state index contributed by atoms with van der Waals surface area (Å²) in [6.07, 6.45) is 0. The molecule has 0 aromatic heterocycles. The molecule has 0 aliphatic heterocycles. The summed E-state index contributed by atoms with van der Waals surface area (Å²) in [7, 11) is 0. The van der Waals surface area contributed by atoms with Crippen molar-refractivity contribution >= 4 is 0 Å². The van der Waals surface area contributed by atoms with Crippen molar-refractivity contribution < 1.29 is 17.9 Å². The second-order valence-corrected chi connectivity index (χ2v) is 3.43. The number of benzene rings is 2. The highest BCUT2D eigenvalue weighted by molar-refractivity contribution is 5.25. The lowest BCUT2D eigenvalue weighted by atomic mass is 10.2. The van der Waals surface area contributed by atoms with Gasteiger partial charge in [-0.3, -0.25) is 0 Å². The predicted molar refractivity (Wildman–Crippen MR) is 57.1 cm³/mol. The van der Waals surface area contributed by atoms with Crippen molar-refractivity contribution in [2.75, 3.05) is 0 Å². The Kier molecular flexibility index (Phi) is 3.32. The molecule has 0 atom stereocenters. The molecule has 2 aromatic carbocycles. The Morgan fingerprint density at radius 3 is 2.29 bits per heavy atom. The zero-order valence-corrected chi connectivity index (χ0v) is 8.79. The minimum Gasteiger partial charge on any atom is -0.486 e. The highest BCUT2D eigenvalue weighted by atomic mass is 19.2. The number of para-hydroxylation sites is 1. The van der Waals surface area contributed by atoms with E-state index < -0.39 is 17.5 Å². The van der Waals surface area contributed by atoms with Gasteiger partial charge in [-0.15, -0.1) is 0 Å². The summed E-state index contributed by atoms with van der Waals surface area (Å²) in [5.41, 5.74) is 0.0493. The fourth-order valence-electron chi connectivity index (χ4n) is 1.38. The summed E-state index contributed by atoms with van der Waals surface area (Å²) in [4.78, 5) is 0. The Labute approximate surface area is 96.5 Å². The van der Waals surface area contributed by atoms with Crippen molar-refractivity contribution in [1.29, 1.82) is 0 Å². The third kappa shape index (κ3) is 2.58. The maximum absolute atomic E-state index is 13.3. The SMILES string of the molecule is Fc1ccccc1OCc1cccc(F)c1F. The summed E-state index contributed by atoms with van der Waals surface area (Å²) >= 11 is 0. The van der Waals surface area contributed by atoms with Crippen LogP contribution in [0.2, 0.25) is 0 Å². The Hall–Kier alpha value is -1.97. The average molecular weight is 238 g/mol. The summed E-state index contributed by atoms with van der Waals surface area (Å²) < 4.78 is 44.4. The highest BCUT2D eigenvalue weighted by Gasteiger charge is 2.09. The fourth-order valence-corrected chi connectivity index (χ4v) is 1.38. The molecule has 0 bridgehead atoms. The first-order valence-corrected chi connectivity index (χ1v) is 4.98. The van der Waals surface area contributed by atoms with Gasteiger partial charge >= 0.3 is 0 Å². The molecule has 17 heavy (non-hydrogen) atoms. The largest absolute Gasteiger partial charge is 0.486 e. The van der Waals surface area contributed by atoms with E-state index in [1.165, 1.54) is 30.3 Å². The van der Waals surface area contributed by atoms with Gasteiger partial charge < -0.3 is 4.74 Å². The van der Waals surface area contributed by atoms with Gasteiger partial charge in [0.15, 0.2) is 23.2 Å². The third-order valence-electron chi connectivity index (χ3n) is 2.25. The Balaban J connectivity index is 2.13. The smallest absolute Gasteiger partial charge is 0.165 e. The molecule has 0 spiro atoms. The molecule has 2 rings (SSSR count). The molecule has 0 aliphatic carbocycles. The number of hydrogen-bond donors (Lipinski definition) is 0. The van der Waals surface area contributed by atoms with Gasteiger partial charge in [0.2, 0.25) is 0 Å². The molecule has 0 heterocycles. The van der Waals surface area contributed by atoms with Gasteiger partial charge in [0.25, 0.3) is 0 Å². The molecule has 0 unspecified atom stereocenters. The average Bonchev–Trinajstić information content (AvgIpc) is 2.33. The number of hydrogen-bond acceptors (Lipinski definition) is 1. The van der Waals surface area contributed by atoms with E-state index in [4.69, 9.17) is 4.74 Å². The van der Waals surface area contributed by atoms with Gasteiger partial charge in [0, 0.05) is 5.56 Å². The molecule has 0 aliphatic rings. The van der Waals surface area contributed by atoms with Crippen LogP contribution < -0.4 is 4.74 Å². The highest BCUT2D eigenvalue weighted by Crippen LogP contribution is 2.18. The maximum atomic E-state index is 13.3. The fraction of sp³-hybridized carbons (Fsp3) is 0.0769. The van der Waals surface area contributed by atoms with E-state index >= 15 is 0 Å². The van der Waals surface area contributed by atoms with E-state index in [9.17, 15) is 13.2 Å². The van der Waals surface area contributed by atoms with E-state index in [2.05, 4.69) is 0 Å². The van der Waals surface area contributed by atoms with Gasteiger partial charge in [-0.25, -0.2) is 13.2 Å². The molecule has 0 saturated carbocycles. The minimum absolute atomic E-state index is 0.0103. The van der Waals surface area contributed by atoms with Crippen LogP contribution in [0, 0.1) is 17.5 Å². The van der Waals surface area contributed by atoms with E-state index in [-0.39, 0.29) is 17.9 Å². The Morgan fingerprint density at radius 1 is 0.824 bits per heavy atom. The standard InChI is InChI=1S/C13H9F3O/c14-10-5-1-2-7-12(10)17-8-9-4-3-6-11(15)13(9)16/h1-7H,8H2. The van der Waals surface area contributed by atoms with E-state index in [1.807, 2.05) is 0 Å². The molecular formula is C13H9F3O. The topological polar surface area (TPSA) is 9.23 Å². The van der Waals surface area contributed by atoms with Crippen LogP contribution in [0.3, 0.4) is 0 Å². The minimum atomic E-state index is -0.969. The first-order chi connectivity index (χ1) is 8.18. The molecule has 1 nitrogen and oxygen atoms in total. The van der Waals surface area contributed by atoms with Crippen LogP contribution in [-0.2, 0) is 6.61 Å². The van der Waals surface area contributed by atoms with Gasteiger partial charge in [-0.05, 0) is 18.2 Å². The lowest BCUT2D eigenvalue weighted by Gasteiger charge is -2.07. The van der Waals surface area contributed by atoms with Crippen molar-refractivity contribution in [2.45, 2.75) is 6.61 Å². The lowest BCUT2D eigenvalue weighted by Crippen LogP contribution is -2.01. The van der Waals surface area contributed by atoms with Crippen LogP contribution >= 0.6 is 0 Å². The van der Waals surface area contributed by atoms with Crippen molar-refractivity contribution in [3.8, 4) is 5.75 Å². The van der Waals surface area contributed by atoms with Crippen LogP contribution in [0.15, 0.2) is 42.5 Å². The Bertz CT molecular complexity index is 526. The van der Waals surface area contributed by atoms with E-state index in [0.29, 0.717) is 0 Å². The summed E-state index contributed by atoms with van der Waals surface area (Å²) in [5.74, 6) is -2.44. The van der Waals surface area contributed by atoms with Gasteiger partial charge in [-0.1, -0.05) is 24.3 Å². The van der Waals surface area contributed by atoms with Crippen LogP contribution in [0.1, 0.15) is 5.56 Å². The second-order valence-electron chi connectivity index (χ2n) is 3.43. The zero-order valence-electron chi connectivity index (χ0n) is 8.79. The summed E-state index contributed by atoms with van der Waals surface area (Å²) in [5, 5.41) is 0. The maximum Gasteiger partial charge on any atom is 0.165 e. The molecule has 88 valence electrons. The van der Waals surface area contributed by atoms with Crippen molar-refractivity contribution in [1.82, 2.24) is 0 Å². The quantitative estimate of drug-likeness (QED) is 0.792. The van der Waals surface area contributed by atoms with Crippen LogP contribution in [0.4, 0.5) is 13.2 Å². The molecule has 0 saturated heterocycles. The molecule has 0 amide bonds. The number of ether oxygens (including phenoxy) is 1. The lowest BCUT2D eigenvalue weighted by molar-refractivity contribution is 0.282. The van der Waals surface area contributed by atoms with Crippen LogP contribution in [0.25, 0.3) is 0 Å². The molecule has 0 fully saturated rings. The van der Waals surface area contributed by atoms with E-state index in [0.717, 1.165) is 6.07 Å². The first kappa shape index (κ1) is 11.5. The van der Waals surface area contributed by atoms with Crippen molar-refractivity contribution in [3.05, 3.63) is 65.5 Å². The van der Waals surface area contributed by atoms with Gasteiger partial charge in [-0.2, -0.15) is 0 Å². The van der Waals surface area contributed by atoms with Crippen LogP contribution in [-0.4, -0.2) is 0 Å². The molecule has 2 aromatic rings. The van der Waals surface area contributed by atoms with Gasteiger partial charge in [0.05, 0.1) is 0 Å². The molecular weight excluding hydrogens is 229 g/mol. The normalized spacial score (nSPS) is 10.3. The molecule has 4 heteroatoms. The Morgan fingerprint density at radius 2 is 1.53 bits per heavy atom. The molecule has 0 N–H and O–H groups in total. The monoisotopic (exact) mass is 238 g/mol. The van der Waals surface area contributed by atoms with Crippen LogP contribution in [0.5, 0.6) is 5.75 Å². The number of halogens is 3. The van der Waals surface area contributed by atoms with E-state index in [1.54, 1.807) is 6.07 Å². The van der Waals surface area contributed by atoms with Gasteiger partial charge in [0.1, 0.15) is 6.61 Å². The zero-order chi connectivity index (χ0) is 12.3. The summed E-state index contributed by atoms with van der Waals surface area (Å²) in [6, 6.07) is 9.55. The van der Waals surface area contributed by atoms with Crippen molar-refractivity contribution in [2.24, 2.45) is 0 Å². The second kappa shape index (κ2) is 4.91. The number of rotatable bonds is 3. The van der Waals surface area contributed by atoms with Crippen molar-refractivity contribution in [3.63, 3.8) is 0 Å². The summed E-state index contributed by atoms with van der Waals surface area (Å²) in [6.45, 7) is -0.218. The first-order valence-electron chi connectivity index (χ1n) is 4.98. The predicted octanol–water partition coefficient (Wildman–Crippen LogP) is 3.68. The molecule has 0 radical (unpaired) electrons. The third-order valence-corrected chi connectivity index (χ3v) is 2.25.